The Morgan fingerprint density at radius 3 is 2.48 bits per heavy atom. The molecule has 2 N–H and O–H groups in total. The summed E-state index contributed by atoms with van der Waals surface area (Å²) < 4.78 is 99.1. The van der Waals surface area contributed by atoms with Crippen LogP contribution in [0, 0.1) is 17.1 Å². The Morgan fingerprint density at radius 2 is 1.79 bits per heavy atom. The maximum Gasteiger partial charge on any atom is 0.488 e. The first kappa shape index (κ1) is 47.2. The Balaban J connectivity index is 0.871. The van der Waals surface area contributed by atoms with Crippen LogP contribution in [0.1, 0.15) is 62.1 Å². The highest BCUT2D eigenvalue weighted by molar-refractivity contribution is 7.90. The van der Waals surface area contributed by atoms with Crippen molar-refractivity contribution in [1.29, 1.82) is 5.26 Å². The van der Waals surface area contributed by atoms with Crippen molar-refractivity contribution >= 4 is 60.7 Å². The Hall–Kier alpha value is -6.26. The molecule has 3 amide bonds. The van der Waals surface area contributed by atoms with Crippen molar-refractivity contribution < 1.29 is 53.2 Å². The number of piperidine rings is 2. The van der Waals surface area contributed by atoms with E-state index in [0.717, 1.165) is 16.4 Å². The minimum atomic E-state index is -5.41. The molecule has 0 radical (unpaired) electrons. The van der Waals surface area contributed by atoms with Crippen molar-refractivity contribution in [3.63, 3.8) is 0 Å². The van der Waals surface area contributed by atoms with Crippen LogP contribution in [0.3, 0.4) is 0 Å². The van der Waals surface area contributed by atoms with Gasteiger partial charge >= 0.3 is 20.7 Å². The normalized spacial score (nSPS) is 20.2. The summed E-state index contributed by atoms with van der Waals surface area (Å²) in [6.45, 7) is 4.55. The molecule has 8 rings (SSSR count). The largest absolute Gasteiger partial charge is 0.488 e. The first-order chi connectivity index (χ1) is 31.9. The molecule has 24 heteroatoms. The zero-order valence-electron chi connectivity index (χ0n) is 36.4. The van der Waals surface area contributed by atoms with Crippen LogP contribution in [-0.4, -0.2) is 130 Å². The molecule has 1 spiro atoms. The summed E-state index contributed by atoms with van der Waals surface area (Å²) in [5.74, 6) is -3.49. The number of ether oxygens (including phenoxy) is 2. The highest BCUT2D eigenvalue weighted by atomic mass is 32.3. The number of nitrogens with zero attached hydrogens (tertiary/aromatic N) is 7. The minimum absolute atomic E-state index is 0.0107. The van der Waals surface area contributed by atoms with Gasteiger partial charge in [0.2, 0.25) is 17.7 Å². The molecule has 4 aliphatic heterocycles. The smallest absolute Gasteiger partial charge is 0.453 e. The molecule has 5 heterocycles. The number of carbonyl (C=O) groups is 3. The molecule has 4 aromatic rings. The summed E-state index contributed by atoms with van der Waals surface area (Å²) in [4.78, 5) is 61.6. The van der Waals surface area contributed by atoms with Gasteiger partial charge in [-0.25, -0.2) is 9.37 Å². The van der Waals surface area contributed by atoms with Gasteiger partial charge in [-0.15, -0.1) is 0 Å². The van der Waals surface area contributed by atoms with Crippen LogP contribution in [0.2, 0.25) is 0 Å². The molecule has 2 atom stereocenters. The van der Waals surface area contributed by atoms with Crippen LogP contribution < -0.4 is 29.4 Å². The predicted octanol–water partition coefficient (Wildman–Crippen LogP) is 3.07. The van der Waals surface area contributed by atoms with Crippen molar-refractivity contribution in [1.82, 2.24) is 29.0 Å². The van der Waals surface area contributed by atoms with Crippen molar-refractivity contribution in [2.24, 2.45) is 0 Å². The minimum Gasteiger partial charge on any atom is -0.453 e. The molecule has 0 bridgehead atoms. The lowest BCUT2D eigenvalue weighted by atomic mass is 9.87. The van der Waals surface area contributed by atoms with Gasteiger partial charge in [0.1, 0.15) is 17.4 Å². The summed E-state index contributed by atoms with van der Waals surface area (Å²) in [6.07, 6.45) is 3.30. The van der Waals surface area contributed by atoms with Gasteiger partial charge in [0.25, 0.3) is 5.56 Å². The maximum absolute atomic E-state index is 15.1. The molecule has 3 aromatic carbocycles. The van der Waals surface area contributed by atoms with Gasteiger partial charge < -0.3 is 23.5 Å². The fourth-order valence-electron chi connectivity index (χ4n) is 8.94. The van der Waals surface area contributed by atoms with E-state index in [1.165, 1.54) is 42.2 Å². The summed E-state index contributed by atoms with van der Waals surface area (Å²) in [5, 5.41) is 12.3. The van der Waals surface area contributed by atoms with Crippen LogP contribution in [-0.2, 0) is 39.8 Å². The van der Waals surface area contributed by atoms with E-state index in [9.17, 15) is 45.2 Å². The number of likely N-dealkylation sites (tertiary alicyclic amines) is 1. The number of halogens is 2. The summed E-state index contributed by atoms with van der Waals surface area (Å²) in [7, 11) is -8.12. The number of carbonyl (C=O) groups excluding carboxylic acids is 3. The molecular formula is C43H47F2N9O11S2. The first-order valence-electron chi connectivity index (χ1n) is 21.5. The van der Waals surface area contributed by atoms with E-state index in [2.05, 4.69) is 15.0 Å². The van der Waals surface area contributed by atoms with Gasteiger partial charge in [-0.3, -0.25) is 38.7 Å². The molecule has 20 nitrogen and oxygen atoms in total. The lowest BCUT2D eigenvalue weighted by Crippen LogP contribution is -2.52. The molecule has 0 aliphatic carbocycles. The SMILES string of the molecule is CCN(C)S(=O)(=O)Nc1ccc(F)c(Oc2ccc3ncn(C4COC5(CCN(C(=O)CN6CCN(c7ccc(C8CCC(=O)NC8=O)cc7OS(=O)(=O)F)CC6)CC5)C4)c(=O)c3c2)c1C#N. The van der Waals surface area contributed by atoms with Gasteiger partial charge in [0.05, 0.1) is 59.3 Å². The third-order valence-corrected chi connectivity index (χ3v) is 14.7. The van der Waals surface area contributed by atoms with Gasteiger partial charge in [-0.05, 0) is 73.7 Å². The second-order valence-electron chi connectivity index (χ2n) is 16.9. The highest BCUT2D eigenvalue weighted by Gasteiger charge is 2.44. The second kappa shape index (κ2) is 18.8. The molecule has 4 aliphatic rings. The molecule has 356 valence electrons. The van der Waals surface area contributed by atoms with Gasteiger partial charge in [-0.1, -0.05) is 16.9 Å². The number of benzene rings is 3. The predicted molar refractivity (Wildman–Crippen MR) is 237 cm³/mol. The lowest BCUT2D eigenvalue weighted by molar-refractivity contribution is -0.137. The number of nitrogens with one attached hydrogen (secondary N) is 2. The number of nitriles is 1. The molecular weight excluding hydrogens is 921 g/mol. The van der Waals surface area contributed by atoms with E-state index < -0.39 is 66.7 Å². The number of amides is 3. The van der Waals surface area contributed by atoms with Gasteiger partial charge in [-0.2, -0.15) is 26.4 Å². The zero-order chi connectivity index (χ0) is 47.8. The summed E-state index contributed by atoms with van der Waals surface area (Å²) in [5.41, 5.74) is -0.554. The number of aromatic nitrogens is 2. The first-order valence-corrected chi connectivity index (χ1v) is 24.3. The zero-order valence-corrected chi connectivity index (χ0v) is 38.1. The number of rotatable bonds is 13. The Kier molecular flexibility index (Phi) is 13.2. The Bertz CT molecular complexity index is 2950. The summed E-state index contributed by atoms with van der Waals surface area (Å²) >= 11 is 0. The second-order valence-corrected chi connectivity index (χ2v) is 19.6. The van der Waals surface area contributed by atoms with Crippen molar-refractivity contribution in [3.8, 4) is 23.3 Å². The fourth-order valence-corrected chi connectivity index (χ4v) is 10.2. The summed E-state index contributed by atoms with van der Waals surface area (Å²) in [6, 6.07) is 12.3. The number of anilines is 2. The van der Waals surface area contributed by atoms with Crippen LogP contribution >= 0.6 is 0 Å². The monoisotopic (exact) mass is 967 g/mol. The van der Waals surface area contributed by atoms with Crippen LogP contribution in [0.25, 0.3) is 10.9 Å². The van der Waals surface area contributed by atoms with Crippen molar-refractivity contribution in [3.05, 3.63) is 82.2 Å². The molecule has 4 saturated heterocycles. The average molecular weight is 968 g/mol. The van der Waals surface area contributed by atoms with Crippen LogP contribution in [0.5, 0.6) is 17.2 Å². The number of piperazine rings is 1. The number of fused-ring (bicyclic) bond motifs is 1. The Morgan fingerprint density at radius 1 is 1.04 bits per heavy atom. The number of imide groups is 1. The molecule has 4 fully saturated rings. The van der Waals surface area contributed by atoms with Crippen molar-refractivity contribution in [2.45, 2.75) is 56.6 Å². The van der Waals surface area contributed by atoms with E-state index in [1.54, 1.807) is 24.0 Å². The third kappa shape index (κ3) is 10.2. The topological polar surface area (TPSA) is 243 Å². The van der Waals surface area contributed by atoms with E-state index >= 15 is 4.39 Å². The van der Waals surface area contributed by atoms with Gasteiger partial charge in [0.15, 0.2) is 17.3 Å². The van der Waals surface area contributed by atoms with Crippen LogP contribution in [0.15, 0.2) is 59.7 Å². The maximum atomic E-state index is 15.1. The molecule has 2 unspecified atom stereocenters. The molecule has 0 saturated carbocycles. The van der Waals surface area contributed by atoms with Crippen molar-refractivity contribution in [2.75, 3.05) is 75.6 Å². The molecule has 1 aromatic heterocycles. The fraction of sp³-hybridized carbons (Fsp3) is 0.442. The van der Waals surface area contributed by atoms with E-state index in [1.807, 2.05) is 15.9 Å². The average Bonchev–Trinajstić information content (AvgIpc) is 3.69. The van der Waals surface area contributed by atoms with Gasteiger partial charge in [0, 0.05) is 59.3 Å². The lowest BCUT2D eigenvalue weighted by Gasteiger charge is -2.40. The quantitative estimate of drug-likeness (QED) is 0.145. The standard InChI is InChI=1S/C43H47F2N9O11S2/c1-3-50(2)67(61,62)49-35-9-7-33(44)40(32(35)23-46)64-29-5-8-34-31(21-29)42(58)54(26-47-34)28-22-43(63-25-28)12-14-53(15-13-43)39(56)24-51-16-18-52(19-17-51)36-10-4-27(20-37(36)65-66(45,59)60)30-6-11-38(55)48-41(30)57/h4-5,7-10,20-21,26,28,30,49H,3,6,11-19,22,24-25H2,1-2H3,(H,48,55,57). The highest BCUT2D eigenvalue weighted by Crippen LogP contribution is 2.41. The van der Waals surface area contributed by atoms with E-state index in [0.29, 0.717) is 75.3 Å². The van der Waals surface area contributed by atoms with E-state index in [-0.39, 0.29) is 67.1 Å². The van der Waals surface area contributed by atoms with Crippen LogP contribution in [0.4, 0.5) is 19.7 Å². The third-order valence-electron chi connectivity index (χ3n) is 12.8. The number of hydrogen-bond acceptors (Lipinski definition) is 15. The number of hydrogen-bond donors (Lipinski definition) is 2. The molecule has 67 heavy (non-hydrogen) atoms. The van der Waals surface area contributed by atoms with E-state index in [4.69, 9.17) is 13.7 Å². The Labute approximate surface area is 384 Å².